The maximum absolute atomic E-state index is 5.39. The second-order valence-electron chi connectivity index (χ2n) is 2.91. The van der Waals surface area contributed by atoms with Gasteiger partial charge < -0.3 is 5.73 Å². The van der Waals surface area contributed by atoms with E-state index >= 15 is 0 Å². The van der Waals surface area contributed by atoms with Gasteiger partial charge in [-0.2, -0.15) is 5.10 Å². The molecule has 0 radical (unpaired) electrons. The minimum Gasteiger partial charge on any atom is -0.387 e. The Labute approximate surface area is 91.2 Å². The third-order valence-electron chi connectivity index (χ3n) is 1.73. The minimum absolute atomic E-state index is 0.161. The van der Waals surface area contributed by atoms with E-state index in [9.17, 15) is 0 Å². The molecule has 76 valence electrons. The maximum Gasteiger partial charge on any atom is 0.208 e. The van der Waals surface area contributed by atoms with Gasteiger partial charge in [0.25, 0.3) is 0 Å². The fourth-order valence-electron chi connectivity index (χ4n) is 1.00. The van der Waals surface area contributed by atoms with E-state index in [0.29, 0.717) is 11.6 Å². The number of rotatable bonds is 2. The minimum atomic E-state index is 0.161. The van der Waals surface area contributed by atoms with Crippen molar-refractivity contribution in [3.63, 3.8) is 0 Å². The number of aryl methyl sites for hydroxylation is 1. The maximum atomic E-state index is 5.39. The van der Waals surface area contributed by atoms with Gasteiger partial charge in [-0.15, -0.1) is 10.2 Å². The molecule has 2 heterocycles. The Kier molecular flexibility index (Phi) is 2.38. The molecular formula is C8H8N6S. The largest absolute Gasteiger partial charge is 0.387 e. The molecule has 0 amide bonds. The molecule has 0 bridgehead atoms. The van der Waals surface area contributed by atoms with Crippen molar-refractivity contribution in [3.8, 4) is 5.82 Å². The van der Waals surface area contributed by atoms with Crippen LogP contribution < -0.4 is 5.73 Å². The average molecular weight is 220 g/mol. The van der Waals surface area contributed by atoms with Crippen molar-refractivity contribution in [3.05, 3.63) is 30.0 Å². The fraction of sp³-hybridized carbons (Fsp3) is 0.125. The van der Waals surface area contributed by atoms with Gasteiger partial charge in [-0.1, -0.05) is 12.2 Å². The van der Waals surface area contributed by atoms with Crippen molar-refractivity contribution in [2.75, 3.05) is 0 Å². The summed E-state index contributed by atoms with van der Waals surface area (Å²) in [5.41, 5.74) is 6.23. The molecule has 7 heteroatoms. The molecule has 6 nitrogen and oxygen atoms in total. The van der Waals surface area contributed by atoms with Gasteiger partial charge in [0.05, 0.1) is 5.69 Å². The van der Waals surface area contributed by atoms with Crippen LogP contribution in [0.5, 0.6) is 0 Å². The molecule has 0 atom stereocenters. The SMILES string of the molecule is Cc1ccc(-n2cnc(C(N)=S)n2)nn1. The van der Waals surface area contributed by atoms with E-state index in [1.54, 1.807) is 6.07 Å². The lowest BCUT2D eigenvalue weighted by Crippen LogP contribution is -2.12. The molecule has 2 N–H and O–H groups in total. The Bertz CT molecular complexity index is 488. The summed E-state index contributed by atoms with van der Waals surface area (Å²) in [6.45, 7) is 1.86. The summed E-state index contributed by atoms with van der Waals surface area (Å²) in [4.78, 5) is 4.09. The summed E-state index contributed by atoms with van der Waals surface area (Å²) < 4.78 is 1.47. The van der Waals surface area contributed by atoms with Crippen LogP contribution in [0.25, 0.3) is 5.82 Å². The Morgan fingerprint density at radius 2 is 2.20 bits per heavy atom. The van der Waals surface area contributed by atoms with E-state index in [2.05, 4.69) is 20.3 Å². The summed E-state index contributed by atoms with van der Waals surface area (Å²) >= 11 is 4.75. The summed E-state index contributed by atoms with van der Waals surface area (Å²) in [6, 6.07) is 3.63. The van der Waals surface area contributed by atoms with Crippen LogP contribution in [-0.2, 0) is 0 Å². The van der Waals surface area contributed by atoms with Gasteiger partial charge in [0.1, 0.15) is 11.3 Å². The average Bonchev–Trinajstić information content (AvgIpc) is 2.68. The highest BCUT2D eigenvalue weighted by molar-refractivity contribution is 7.80. The quantitative estimate of drug-likeness (QED) is 0.717. The number of hydrogen-bond donors (Lipinski definition) is 1. The second-order valence-corrected chi connectivity index (χ2v) is 3.35. The van der Waals surface area contributed by atoms with Crippen molar-refractivity contribution >= 4 is 17.2 Å². The predicted molar refractivity (Wildman–Crippen MR) is 57.6 cm³/mol. The zero-order valence-corrected chi connectivity index (χ0v) is 8.77. The lowest BCUT2D eigenvalue weighted by Gasteiger charge is -1.97. The summed E-state index contributed by atoms with van der Waals surface area (Å²) in [5, 5.41) is 11.9. The van der Waals surface area contributed by atoms with Crippen LogP contribution in [0.2, 0.25) is 0 Å². The number of nitrogens with two attached hydrogens (primary N) is 1. The van der Waals surface area contributed by atoms with Crippen molar-refractivity contribution in [1.29, 1.82) is 0 Å². The summed E-state index contributed by atoms with van der Waals surface area (Å²) in [7, 11) is 0. The van der Waals surface area contributed by atoms with E-state index in [4.69, 9.17) is 18.0 Å². The highest BCUT2D eigenvalue weighted by Crippen LogP contribution is 2.01. The monoisotopic (exact) mass is 220 g/mol. The molecule has 2 rings (SSSR count). The Hall–Kier alpha value is -1.89. The first-order chi connectivity index (χ1) is 7.16. The van der Waals surface area contributed by atoms with E-state index < -0.39 is 0 Å². The Morgan fingerprint density at radius 3 is 2.73 bits per heavy atom. The lowest BCUT2D eigenvalue weighted by atomic mass is 10.4. The van der Waals surface area contributed by atoms with E-state index in [-0.39, 0.29) is 4.99 Å². The molecule has 15 heavy (non-hydrogen) atoms. The van der Waals surface area contributed by atoms with Crippen LogP contribution in [0.15, 0.2) is 18.5 Å². The van der Waals surface area contributed by atoms with Gasteiger partial charge in [0.2, 0.25) is 5.82 Å². The molecule has 0 unspecified atom stereocenters. The molecule has 0 aliphatic carbocycles. The van der Waals surface area contributed by atoms with Gasteiger partial charge in [-0.25, -0.2) is 9.67 Å². The molecule has 0 spiro atoms. The second kappa shape index (κ2) is 3.70. The van der Waals surface area contributed by atoms with Crippen molar-refractivity contribution in [1.82, 2.24) is 25.0 Å². The number of nitrogens with zero attached hydrogens (tertiary/aromatic N) is 5. The third kappa shape index (κ3) is 1.96. The predicted octanol–water partition coefficient (Wildman–Crippen LogP) is -0.0000800. The smallest absolute Gasteiger partial charge is 0.208 e. The molecular weight excluding hydrogens is 212 g/mol. The molecule has 0 fully saturated rings. The molecule has 0 saturated carbocycles. The fourth-order valence-corrected chi connectivity index (χ4v) is 1.09. The van der Waals surface area contributed by atoms with Crippen LogP contribution in [0.1, 0.15) is 11.5 Å². The van der Waals surface area contributed by atoms with Crippen LogP contribution in [-0.4, -0.2) is 30.0 Å². The Morgan fingerprint density at radius 1 is 1.40 bits per heavy atom. The summed E-state index contributed by atoms with van der Waals surface area (Å²) in [5.74, 6) is 0.906. The first-order valence-electron chi connectivity index (χ1n) is 4.19. The van der Waals surface area contributed by atoms with Gasteiger partial charge in [0.15, 0.2) is 5.82 Å². The lowest BCUT2D eigenvalue weighted by molar-refractivity contribution is 0.803. The standard InChI is InChI=1S/C8H8N6S/c1-5-2-3-6(12-11-5)14-4-10-8(13-14)7(9)15/h2-4H,1H3,(H2,9,15). The normalized spacial score (nSPS) is 10.2. The highest BCUT2D eigenvalue weighted by atomic mass is 32.1. The topological polar surface area (TPSA) is 82.5 Å². The third-order valence-corrected chi connectivity index (χ3v) is 1.91. The van der Waals surface area contributed by atoms with Gasteiger partial charge in [0, 0.05) is 0 Å². The van der Waals surface area contributed by atoms with Gasteiger partial charge in [-0.05, 0) is 19.1 Å². The number of aromatic nitrogens is 5. The molecule has 0 aliphatic heterocycles. The molecule has 0 saturated heterocycles. The van der Waals surface area contributed by atoms with Crippen LogP contribution in [0.3, 0.4) is 0 Å². The molecule has 2 aromatic heterocycles. The zero-order valence-electron chi connectivity index (χ0n) is 7.95. The van der Waals surface area contributed by atoms with E-state index in [1.165, 1.54) is 11.0 Å². The summed E-state index contributed by atoms with van der Waals surface area (Å²) in [6.07, 6.45) is 1.49. The zero-order chi connectivity index (χ0) is 10.8. The molecule has 2 aromatic rings. The van der Waals surface area contributed by atoms with Crippen LogP contribution in [0.4, 0.5) is 0 Å². The number of thiocarbonyl (C=S) groups is 1. The van der Waals surface area contributed by atoms with Crippen molar-refractivity contribution < 1.29 is 0 Å². The molecule has 0 aliphatic rings. The van der Waals surface area contributed by atoms with Crippen LogP contribution >= 0.6 is 12.2 Å². The first kappa shape index (κ1) is 9.66. The Balaban J connectivity index is 2.37. The van der Waals surface area contributed by atoms with Gasteiger partial charge >= 0.3 is 0 Å². The first-order valence-corrected chi connectivity index (χ1v) is 4.60. The molecule has 0 aromatic carbocycles. The van der Waals surface area contributed by atoms with Crippen molar-refractivity contribution in [2.45, 2.75) is 6.92 Å². The van der Waals surface area contributed by atoms with Crippen molar-refractivity contribution in [2.24, 2.45) is 5.73 Å². The van der Waals surface area contributed by atoms with Gasteiger partial charge in [-0.3, -0.25) is 0 Å². The highest BCUT2D eigenvalue weighted by Gasteiger charge is 2.05. The number of hydrogen-bond acceptors (Lipinski definition) is 5. The van der Waals surface area contributed by atoms with Crippen LogP contribution in [0, 0.1) is 6.92 Å². The van der Waals surface area contributed by atoms with E-state index in [1.807, 2.05) is 13.0 Å². The van der Waals surface area contributed by atoms with E-state index in [0.717, 1.165) is 5.69 Å².